The maximum absolute atomic E-state index is 14.0. The van der Waals surface area contributed by atoms with Gasteiger partial charge in [-0.15, -0.1) is 0 Å². The Kier molecular flexibility index (Phi) is 3.64. The van der Waals surface area contributed by atoms with E-state index in [4.69, 9.17) is 22.1 Å². The van der Waals surface area contributed by atoms with Gasteiger partial charge in [0.1, 0.15) is 11.6 Å². The van der Waals surface area contributed by atoms with E-state index in [1.54, 1.807) is 12.1 Å². The van der Waals surface area contributed by atoms with Crippen LogP contribution in [0.5, 0.6) is 5.75 Å². The van der Waals surface area contributed by atoms with Crippen LogP contribution < -0.4 is 10.5 Å². The molecule has 3 rings (SSSR count). The second-order valence-corrected chi connectivity index (χ2v) is 5.42. The highest BCUT2D eigenvalue weighted by atomic mass is 35.5. The summed E-state index contributed by atoms with van der Waals surface area (Å²) in [7, 11) is 0. The van der Waals surface area contributed by atoms with Crippen LogP contribution in [0.2, 0.25) is 5.02 Å². The molecule has 1 aliphatic rings. The largest absolute Gasteiger partial charge is 0.490 e. The normalized spacial score (nSPS) is 15.9. The average Bonchev–Trinajstić information content (AvgIpc) is 3.25. The van der Waals surface area contributed by atoms with Gasteiger partial charge in [-0.05, 0) is 36.6 Å². The van der Waals surface area contributed by atoms with Crippen molar-refractivity contribution in [3.05, 3.63) is 64.4 Å². The Morgan fingerprint density at radius 3 is 2.70 bits per heavy atom. The molecule has 104 valence electrons. The van der Waals surface area contributed by atoms with Crippen molar-refractivity contribution in [1.29, 1.82) is 0 Å². The van der Waals surface area contributed by atoms with E-state index in [0.29, 0.717) is 11.7 Å². The first-order valence-electron chi connectivity index (χ1n) is 6.61. The van der Waals surface area contributed by atoms with Gasteiger partial charge in [0.05, 0.1) is 17.2 Å². The van der Waals surface area contributed by atoms with Crippen LogP contribution in [-0.4, -0.2) is 6.10 Å². The van der Waals surface area contributed by atoms with Crippen LogP contribution in [0.25, 0.3) is 0 Å². The summed E-state index contributed by atoms with van der Waals surface area (Å²) < 4.78 is 19.7. The first-order valence-corrected chi connectivity index (χ1v) is 6.99. The van der Waals surface area contributed by atoms with Gasteiger partial charge in [-0.3, -0.25) is 0 Å². The molecule has 1 saturated carbocycles. The quantitative estimate of drug-likeness (QED) is 0.921. The highest BCUT2D eigenvalue weighted by Gasteiger charge is 2.24. The fourth-order valence-electron chi connectivity index (χ4n) is 2.10. The maximum atomic E-state index is 14.0. The van der Waals surface area contributed by atoms with Gasteiger partial charge in [0.2, 0.25) is 0 Å². The molecule has 0 amide bonds. The minimum Gasteiger partial charge on any atom is -0.490 e. The third kappa shape index (κ3) is 2.79. The molecular formula is C16H15ClFNO. The maximum Gasteiger partial charge on any atom is 0.146 e. The molecule has 0 spiro atoms. The second-order valence-electron chi connectivity index (χ2n) is 5.01. The van der Waals surface area contributed by atoms with E-state index < -0.39 is 11.9 Å². The van der Waals surface area contributed by atoms with Gasteiger partial charge in [-0.1, -0.05) is 35.9 Å². The molecule has 2 aromatic rings. The summed E-state index contributed by atoms with van der Waals surface area (Å²) in [5.41, 5.74) is 7.35. The topological polar surface area (TPSA) is 35.2 Å². The number of ether oxygens (including phenoxy) is 1. The third-order valence-electron chi connectivity index (χ3n) is 3.36. The van der Waals surface area contributed by atoms with Gasteiger partial charge in [-0.25, -0.2) is 4.39 Å². The van der Waals surface area contributed by atoms with Gasteiger partial charge in [-0.2, -0.15) is 0 Å². The van der Waals surface area contributed by atoms with E-state index in [1.165, 1.54) is 6.07 Å². The Labute approximate surface area is 122 Å². The van der Waals surface area contributed by atoms with Crippen LogP contribution >= 0.6 is 11.6 Å². The second kappa shape index (κ2) is 5.43. The van der Waals surface area contributed by atoms with Crippen molar-refractivity contribution in [3.8, 4) is 5.75 Å². The molecule has 0 radical (unpaired) electrons. The van der Waals surface area contributed by atoms with E-state index in [2.05, 4.69) is 0 Å². The summed E-state index contributed by atoms with van der Waals surface area (Å²) in [5, 5.41) is 0.0864. The summed E-state index contributed by atoms with van der Waals surface area (Å²) in [5.74, 6) is 0.318. The lowest BCUT2D eigenvalue weighted by molar-refractivity contribution is 0.303. The number of nitrogens with two attached hydrogens (primary N) is 1. The standard InChI is InChI=1S/C16H15ClFNO/c17-14-6-2-5-13(15(14)18)16(19)10-3-1-4-12(9-10)20-11-7-8-11/h1-6,9,11,16H,7-8,19H2. The van der Waals surface area contributed by atoms with Crippen molar-refractivity contribution in [1.82, 2.24) is 0 Å². The van der Waals surface area contributed by atoms with Crippen LogP contribution in [0.1, 0.15) is 30.0 Å². The molecule has 2 nitrogen and oxygen atoms in total. The van der Waals surface area contributed by atoms with Crippen LogP contribution in [0.15, 0.2) is 42.5 Å². The molecule has 20 heavy (non-hydrogen) atoms. The Balaban J connectivity index is 1.89. The van der Waals surface area contributed by atoms with Crippen LogP contribution in [0, 0.1) is 5.82 Å². The molecule has 0 saturated heterocycles. The Morgan fingerprint density at radius 1 is 1.20 bits per heavy atom. The minimum absolute atomic E-state index is 0.0864. The van der Waals surface area contributed by atoms with Gasteiger partial charge >= 0.3 is 0 Å². The van der Waals surface area contributed by atoms with Crippen molar-refractivity contribution in [2.24, 2.45) is 5.73 Å². The third-order valence-corrected chi connectivity index (χ3v) is 3.65. The molecule has 4 heteroatoms. The zero-order valence-corrected chi connectivity index (χ0v) is 11.6. The summed E-state index contributed by atoms with van der Waals surface area (Å²) in [6, 6.07) is 11.8. The molecule has 0 aliphatic heterocycles. The molecule has 1 aliphatic carbocycles. The molecule has 1 unspecified atom stereocenters. The van der Waals surface area contributed by atoms with E-state index in [1.807, 2.05) is 24.3 Å². The zero-order valence-electron chi connectivity index (χ0n) is 10.9. The number of halogens is 2. The smallest absolute Gasteiger partial charge is 0.146 e. The number of benzene rings is 2. The van der Waals surface area contributed by atoms with Gasteiger partial charge < -0.3 is 10.5 Å². The number of hydrogen-bond donors (Lipinski definition) is 1. The predicted molar refractivity (Wildman–Crippen MR) is 77.5 cm³/mol. The molecule has 2 N–H and O–H groups in total. The SMILES string of the molecule is NC(c1cccc(OC2CC2)c1)c1cccc(Cl)c1F. The van der Waals surface area contributed by atoms with E-state index in [0.717, 1.165) is 24.2 Å². The summed E-state index contributed by atoms with van der Waals surface area (Å²) >= 11 is 5.80. The average molecular weight is 292 g/mol. The first-order chi connectivity index (χ1) is 9.65. The van der Waals surface area contributed by atoms with Crippen molar-refractivity contribution in [2.75, 3.05) is 0 Å². The van der Waals surface area contributed by atoms with Gasteiger partial charge in [0.25, 0.3) is 0 Å². The van der Waals surface area contributed by atoms with Gasteiger partial charge in [0, 0.05) is 5.56 Å². The van der Waals surface area contributed by atoms with Crippen molar-refractivity contribution in [2.45, 2.75) is 25.0 Å². The van der Waals surface area contributed by atoms with Crippen molar-refractivity contribution >= 4 is 11.6 Å². The van der Waals surface area contributed by atoms with Crippen LogP contribution in [0.4, 0.5) is 4.39 Å². The minimum atomic E-state index is -0.559. The molecule has 0 aromatic heterocycles. The Morgan fingerprint density at radius 2 is 1.95 bits per heavy atom. The molecular weight excluding hydrogens is 277 g/mol. The monoisotopic (exact) mass is 291 g/mol. The summed E-state index contributed by atoms with van der Waals surface area (Å²) in [6.07, 6.45) is 2.52. The van der Waals surface area contributed by atoms with Crippen molar-refractivity contribution < 1.29 is 9.13 Å². The number of rotatable bonds is 4. The van der Waals surface area contributed by atoms with E-state index in [9.17, 15) is 4.39 Å². The van der Waals surface area contributed by atoms with Crippen molar-refractivity contribution in [3.63, 3.8) is 0 Å². The fraction of sp³-hybridized carbons (Fsp3) is 0.250. The predicted octanol–water partition coefficient (Wildman–Crippen LogP) is 4.07. The zero-order chi connectivity index (χ0) is 14.1. The lowest BCUT2D eigenvalue weighted by Gasteiger charge is -2.15. The van der Waals surface area contributed by atoms with Crippen LogP contribution in [0.3, 0.4) is 0 Å². The summed E-state index contributed by atoms with van der Waals surface area (Å²) in [6.45, 7) is 0. The van der Waals surface area contributed by atoms with E-state index >= 15 is 0 Å². The fourth-order valence-corrected chi connectivity index (χ4v) is 2.28. The van der Waals surface area contributed by atoms with Crippen LogP contribution in [-0.2, 0) is 0 Å². The molecule has 2 aromatic carbocycles. The highest BCUT2D eigenvalue weighted by molar-refractivity contribution is 6.30. The Hall–Kier alpha value is -1.58. The lowest BCUT2D eigenvalue weighted by Crippen LogP contribution is -2.14. The molecule has 1 fully saturated rings. The lowest BCUT2D eigenvalue weighted by atomic mass is 9.99. The molecule has 0 bridgehead atoms. The number of hydrogen-bond acceptors (Lipinski definition) is 2. The summed E-state index contributed by atoms with van der Waals surface area (Å²) in [4.78, 5) is 0. The highest BCUT2D eigenvalue weighted by Crippen LogP contribution is 2.31. The van der Waals surface area contributed by atoms with E-state index in [-0.39, 0.29) is 5.02 Å². The van der Waals surface area contributed by atoms with Gasteiger partial charge in [0.15, 0.2) is 0 Å². The molecule has 1 atom stereocenters. The Bertz CT molecular complexity index is 628. The first kappa shape index (κ1) is 13.4. The molecule has 0 heterocycles.